The second-order valence-corrected chi connectivity index (χ2v) is 6.33. The van der Waals surface area contributed by atoms with Crippen LogP contribution in [-0.2, 0) is 6.54 Å². The third-order valence-electron chi connectivity index (χ3n) is 4.22. The summed E-state index contributed by atoms with van der Waals surface area (Å²) in [6.07, 6.45) is 3.56. The van der Waals surface area contributed by atoms with Crippen LogP contribution in [0.1, 0.15) is 5.69 Å². The lowest BCUT2D eigenvalue weighted by Gasteiger charge is -2.07. The Morgan fingerprint density at radius 1 is 1.04 bits per heavy atom. The van der Waals surface area contributed by atoms with Gasteiger partial charge in [0.05, 0.1) is 31.1 Å². The van der Waals surface area contributed by atoms with Crippen molar-refractivity contribution in [2.24, 2.45) is 0 Å². The van der Waals surface area contributed by atoms with E-state index in [0.29, 0.717) is 11.6 Å². The van der Waals surface area contributed by atoms with Crippen molar-refractivity contribution in [2.75, 3.05) is 7.11 Å². The van der Waals surface area contributed by atoms with Gasteiger partial charge in [0.25, 0.3) is 0 Å². The average molecular weight is 368 g/mol. The van der Waals surface area contributed by atoms with E-state index < -0.39 is 0 Å². The molecule has 0 aliphatic carbocycles. The van der Waals surface area contributed by atoms with Crippen molar-refractivity contribution >= 4 is 22.5 Å². The number of ether oxygens (including phenoxy) is 1. The number of hydrogen-bond donors (Lipinski definition) is 0. The number of halogens is 2. The fourth-order valence-corrected chi connectivity index (χ4v) is 3.05. The number of hydrogen-bond acceptors (Lipinski definition) is 3. The van der Waals surface area contributed by atoms with E-state index in [1.54, 1.807) is 24.5 Å². The fraction of sp³-hybridized carbons (Fsp3) is 0.100. The first-order valence-electron chi connectivity index (χ1n) is 8.04. The van der Waals surface area contributed by atoms with E-state index >= 15 is 0 Å². The molecule has 0 radical (unpaired) electrons. The molecule has 26 heavy (non-hydrogen) atoms. The van der Waals surface area contributed by atoms with Gasteiger partial charge in [-0.2, -0.15) is 5.10 Å². The number of methoxy groups -OCH3 is 1. The molecule has 0 atom stereocenters. The molecule has 2 aromatic carbocycles. The SMILES string of the molecule is COc1cc(-c2ccc(Cn3ncc4cc(Cl)ccc43)nc2)ccc1F. The molecule has 0 fully saturated rings. The second-order valence-electron chi connectivity index (χ2n) is 5.89. The van der Waals surface area contributed by atoms with Gasteiger partial charge in [-0.15, -0.1) is 0 Å². The number of aromatic nitrogens is 3. The van der Waals surface area contributed by atoms with Crippen molar-refractivity contribution in [2.45, 2.75) is 6.54 Å². The standard InChI is InChI=1S/C20H15ClFN3O/c1-26-20-9-13(3-6-18(20)22)14-2-5-17(23-10-14)12-25-19-7-4-16(21)8-15(19)11-24-25/h2-11H,12H2,1H3. The van der Waals surface area contributed by atoms with Crippen molar-refractivity contribution in [3.05, 3.63) is 77.5 Å². The van der Waals surface area contributed by atoms with Crippen LogP contribution in [0.4, 0.5) is 4.39 Å². The van der Waals surface area contributed by atoms with Crippen LogP contribution >= 0.6 is 11.6 Å². The first-order valence-corrected chi connectivity index (χ1v) is 8.42. The summed E-state index contributed by atoms with van der Waals surface area (Å²) >= 11 is 6.01. The lowest BCUT2D eigenvalue weighted by Crippen LogP contribution is -2.03. The van der Waals surface area contributed by atoms with Crippen molar-refractivity contribution in [3.8, 4) is 16.9 Å². The third-order valence-corrected chi connectivity index (χ3v) is 4.46. The van der Waals surface area contributed by atoms with Crippen LogP contribution in [0.2, 0.25) is 5.02 Å². The van der Waals surface area contributed by atoms with Crippen molar-refractivity contribution in [1.29, 1.82) is 0 Å². The van der Waals surface area contributed by atoms with Gasteiger partial charge in [0.2, 0.25) is 0 Å². The Kier molecular flexibility index (Phi) is 4.31. The predicted molar refractivity (Wildman–Crippen MR) is 100 cm³/mol. The van der Waals surface area contributed by atoms with Crippen LogP contribution in [0.5, 0.6) is 5.75 Å². The molecule has 0 aliphatic heterocycles. The van der Waals surface area contributed by atoms with E-state index in [9.17, 15) is 4.39 Å². The van der Waals surface area contributed by atoms with Gasteiger partial charge >= 0.3 is 0 Å². The van der Waals surface area contributed by atoms with Gasteiger partial charge in [0.15, 0.2) is 11.6 Å². The Hall–Kier alpha value is -2.92. The molecule has 130 valence electrons. The summed E-state index contributed by atoms with van der Waals surface area (Å²) in [4.78, 5) is 4.51. The highest BCUT2D eigenvalue weighted by atomic mass is 35.5. The van der Waals surface area contributed by atoms with Gasteiger partial charge < -0.3 is 4.74 Å². The van der Waals surface area contributed by atoms with E-state index in [1.807, 2.05) is 35.0 Å². The summed E-state index contributed by atoms with van der Waals surface area (Å²) in [7, 11) is 1.45. The van der Waals surface area contributed by atoms with Crippen molar-refractivity contribution in [1.82, 2.24) is 14.8 Å². The van der Waals surface area contributed by atoms with E-state index in [-0.39, 0.29) is 11.6 Å². The molecule has 4 nitrogen and oxygen atoms in total. The summed E-state index contributed by atoms with van der Waals surface area (Å²) in [6.45, 7) is 0.554. The minimum atomic E-state index is -0.383. The Balaban J connectivity index is 1.59. The quantitative estimate of drug-likeness (QED) is 0.512. The number of benzene rings is 2. The molecule has 0 N–H and O–H groups in total. The maximum atomic E-state index is 13.6. The van der Waals surface area contributed by atoms with Crippen LogP contribution in [0.3, 0.4) is 0 Å². The zero-order chi connectivity index (χ0) is 18.1. The zero-order valence-electron chi connectivity index (χ0n) is 14.0. The first-order chi connectivity index (χ1) is 12.6. The lowest BCUT2D eigenvalue weighted by molar-refractivity contribution is 0.387. The number of pyridine rings is 1. The van der Waals surface area contributed by atoms with Gasteiger partial charge in [-0.25, -0.2) is 4.39 Å². The van der Waals surface area contributed by atoms with E-state index in [1.165, 1.54) is 13.2 Å². The van der Waals surface area contributed by atoms with Gasteiger partial charge in [-0.1, -0.05) is 23.7 Å². The molecule has 0 saturated heterocycles. The number of nitrogens with zero attached hydrogens (tertiary/aromatic N) is 3. The molecular formula is C20H15ClFN3O. The van der Waals surface area contributed by atoms with E-state index in [4.69, 9.17) is 16.3 Å². The molecule has 2 heterocycles. The molecule has 0 amide bonds. The third kappa shape index (κ3) is 3.13. The summed E-state index contributed by atoms with van der Waals surface area (Å²) in [5, 5.41) is 6.09. The predicted octanol–water partition coefficient (Wildman–Crippen LogP) is 4.95. The Bertz CT molecular complexity index is 1080. The topological polar surface area (TPSA) is 39.9 Å². The molecule has 0 bridgehead atoms. The van der Waals surface area contributed by atoms with E-state index in [2.05, 4.69) is 10.1 Å². The highest BCUT2D eigenvalue weighted by Crippen LogP contribution is 2.26. The molecule has 4 aromatic rings. The van der Waals surface area contributed by atoms with Gasteiger partial charge in [-0.05, 0) is 42.0 Å². The Morgan fingerprint density at radius 2 is 1.88 bits per heavy atom. The van der Waals surface area contributed by atoms with Crippen molar-refractivity contribution < 1.29 is 9.13 Å². The van der Waals surface area contributed by atoms with E-state index in [0.717, 1.165) is 27.7 Å². The first kappa shape index (κ1) is 16.5. The van der Waals surface area contributed by atoms with Crippen LogP contribution in [0.25, 0.3) is 22.0 Å². The minimum Gasteiger partial charge on any atom is -0.494 e. The number of rotatable bonds is 4. The van der Waals surface area contributed by atoms with Crippen molar-refractivity contribution in [3.63, 3.8) is 0 Å². The van der Waals surface area contributed by atoms with Gasteiger partial charge in [0, 0.05) is 22.2 Å². The molecule has 0 spiro atoms. The Morgan fingerprint density at radius 3 is 2.65 bits per heavy atom. The highest BCUT2D eigenvalue weighted by Gasteiger charge is 2.08. The van der Waals surface area contributed by atoms with Crippen LogP contribution in [0.15, 0.2) is 60.9 Å². The van der Waals surface area contributed by atoms with Gasteiger partial charge in [0.1, 0.15) is 0 Å². The molecule has 0 unspecified atom stereocenters. The molecule has 6 heteroatoms. The molecule has 4 rings (SSSR count). The molecule has 0 aliphatic rings. The average Bonchev–Trinajstić information content (AvgIpc) is 3.04. The van der Waals surface area contributed by atoms with Crippen LogP contribution in [-0.4, -0.2) is 21.9 Å². The molecule has 0 saturated carbocycles. The van der Waals surface area contributed by atoms with Gasteiger partial charge in [-0.3, -0.25) is 9.67 Å². The largest absolute Gasteiger partial charge is 0.494 e. The summed E-state index contributed by atoms with van der Waals surface area (Å²) in [5.74, 6) is -0.167. The normalized spacial score (nSPS) is 11.0. The number of fused-ring (bicyclic) bond motifs is 1. The lowest BCUT2D eigenvalue weighted by atomic mass is 10.1. The summed E-state index contributed by atoms with van der Waals surface area (Å²) < 4.78 is 20.5. The maximum absolute atomic E-state index is 13.6. The highest BCUT2D eigenvalue weighted by molar-refractivity contribution is 6.31. The smallest absolute Gasteiger partial charge is 0.165 e. The Labute approximate surface area is 154 Å². The summed E-state index contributed by atoms with van der Waals surface area (Å²) in [6, 6.07) is 14.3. The second kappa shape index (κ2) is 6.77. The fourth-order valence-electron chi connectivity index (χ4n) is 2.87. The molecule has 2 aromatic heterocycles. The maximum Gasteiger partial charge on any atom is 0.165 e. The minimum absolute atomic E-state index is 0.216. The molecular weight excluding hydrogens is 353 g/mol. The monoisotopic (exact) mass is 367 g/mol. The zero-order valence-corrected chi connectivity index (χ0v) is 14.7. The summed E-state index contributed by atoms with van der Waals surface area (Å²) in [5.41, 5.74) is 3.62. The van der Waals surface area contributed by atoms with Crippen LogP contribution < -0.4 is 4.74 Å². The van der Waals surface area contributed by atoms with Crippen LogP contribution in [0, 0.1) is 5.82 Å².